The molecule has 0 saturated heterocycles. The Balaban J connectivity index is 2.66. The van der Waals surface area contributed by atoms with E-state index in [4.69, 9.17) is 4.74 Å². The Kier molecular flexibility index (Phi) is 3.47. The maximum atomic E-state index is 10.1. The molecule has 4 heteroatoms. The molecule has 1 aromatic carbocycles. The summed E-state index contributed by atoms with van der Waals surface area (Å²) in [7, 11) is 0. The number of rotatable bonds is 1. The SMILES string of the molecule is Cc1c(Br)c(O)c(CBr)c2c1OC(C)(C)CC2. The Morgan fingerprint density at radius 3 is 2.65 bits per heavy atom. The van der Waals surface area contributed by atoms with Gasteiger partial charge < -0.3 is 9.84 Å². The van der Waals surface area contributed by atoms with Crippen molar-refractivity contribution in [3.63, 3.8) is 0 Å². The summed E-state index contributed by atoms with van der Waals surface area (Å²) in [5.41, 5.74) is 2.93. The number of benzene rings is 1. The number of ether oxygens (including phenoxy) is 1. The molecule has 0 aromatic heterocycles. The van der Waals surface area contributed by atoms with Crippen LogP contribution in [0.15, 0.2) is 4.47 Å². The summed E-state index contributed by atoms with van der Waals surface area (Å²) in [6, 6.07) is 0. The second kappa shape index (κ2) is 4.47. The minimum absolute atomic E-state index is 0.127. The lowest BCUT2D eigenvalue weighted by Gasteiger charge is -2.35. The number of aromatic hydroxyl groups is 1. The van der Waals surface area contributed by atoms with E-state index in [1.54, 1.807) is 0 Å². The number of phenols is 1. The minimum atomic E-state index is -0.127. The van der Waals surface area contributed by atoms with Crippen molar-refractivity contribution in [1.82, 2.24) is 0 Å². The van der Waals surface area contributed by atoms with E-state index >= 15 is 0 Å². The number of halogens is 2. The van der Waals surface area contributed by atoms with E-state index in [9.17, 15) is 5.11 Å². The van der Waals surface area contributed by atoms with Crippen LogP contribution in [-0.2, 0) is 11.8 Å². The molecular formula is C13H16Br2O2. The molecule has 0 saturated carbocycles. The second-order valence-electron chi connectivity index (χ2n) is 5.07. The van der Waals surface area contributed by atoms with E-state index in [1.807, 2.05) is 6.92 Å². The Morgan fingerprint density at radius 2 is 2.06 bits per heavy atom. The highest BCUT2D eigenvalue weighted by Crippen LogP contribution is 2.46. The van der Waals surface area contributed by atoms with Gasteiger partial charge in [0.25, 0.3) is 0 Å². The summed E-state index contributed by atoms with van der Waals surface area (Å²) in [5.74, 6) is 1.27. The number of alkyl halides is 1. The standard InChI is InChI=1S/C13H16Br2O2/c1-7-10(15)11(16)9(6-14)8-4-5-13(2,3)17-12(7)8/h16H,4-6H2,1-3H3. The Morgan fingerprint density at radius 1 is 1.41 bits per heavy atom. The van der Waals surface area contributed by atoms with E-state index in [0.717, 1.165) is 39.8 Å². The van der Waals surface area contributed by atoms with Crippen LogP contribution in [0.25, 0.3) is 0 Å². The Bertz CT molecular complexity index is 467. The van der Waals surface area contributed by atoms with Crippen LogP contribution in [0.4, 0.5) is 0 Å². The highest BCUT2D eigenvalue weighted by atomic mass is 79.9. The van der Waals surface area contributed by atoms with Crippen LogP contribution in [-0.4, -0.2) is 10.7 Å². The van der Waals surface area contributed by atoms with Crippen LogP contribution in [0.3, 0.4) is 0 Å². The highest BCUT2D eigenvalue weighted by molar-refractivity contribution is 9.10. The molecule has 94 valence electrons. The zero-order chi connectivity index (χ0) is 12.8. The van der Waals surface area contributed by atoms with Gasteiger partial charge in [-0.15, -0.1) is 0 Å². The fourth-order valence-electron chi connectivity index (χ4n) is 2.22. The summed E-state index contributed by atoms with van der Waals surface area (Å²) in [4.78, 5) is 0. The van der Waals surface area contributed by atoms with Gasteiger partial charge in [0.15, 0.2) is 0 Å². The van der Waals surface area contributed by atoms with Crippen molar-refractivity contribution in [2.75, 3.05) is 0 Å². The smallest absolute Gasteiger partial charge is 0.134 e. The largest absolute Gasteiger partial charge is 0.506 e. The summed E-state index contributed by atoms with van der Waals surface area (Å²) >= 11 is 6.87. The number of fused-ring (bicyclic) bond motifs is 1. The van der Waals surface area contributed by atoms with E-state index in [2.05, 4.69) is 45.7 Å². The van der Waals surface area contributed by atoms with E-state index in [0.29, 0.717) is 11.1 Å². The Hall–Kier alpha value is -0.220. The molecule has 0 amide bonds. The molecule has 1 N–H and O–H groups in total. The average molecular weight is 364 g/mol. The van der Waals surface area contributed by atoms with Gasteiger partial charge in [0.2, 0.25) is 0 Å². The van der Waals surface area contributed by atoms with E-state index in [-0.39, 0.29) is 5.60 Å². The molecule has 1 aliphatic rings. The Labute approximate surface area is 119 Å². The van der Waals surface area contributed by atoms with E-state index in [1.165, 1.54) is 0 Å². The quantitative estimate of drug-likeness (QED) is 0.746. The minimum Gasteiger partial charge on any atom is -0.506 e. The molecule has 0 fully saturated rings. The van der Waals surface area contributed by atoms with Crippen molar-refractivity contribution in [2.45, 2.75) is 44.5 Å². The van der Waals surface area contributed by atoms with Gasteiger partial charge >= 0.3 is 0 Å². The van der Waals surface area contributed by atoms with Crippen molar-refractivity contribution in [3.8, 4) is 11.5 Å². The van der Waals surface area contributed by atoms with Gasteiger partial charge in [0.05, 0.1) is 4.47 Å². The molecule has 0 atom stereocenters. The maximum Gasteiger partial charge on any atom is 0.134 e. The predicted molar refractivity (Wildman–Crippen MR) is 76.2 cm³/mol. The summed E-state index contributed by atoms with van der Waals surface area (Å²) in [6.07, 6.45) is 1.92. The number of hydrogen-bond donors (Lipinski definition) is 1. The van der Waals surface area contributed by atoms with E-state index < -0.39 is 0 Å². The summed E-state index contributed by atoms with van der Waals surface area (Å²) < 4.78 is 6.81. The molecule has 1 aromatic rings. The van der Waals surface area contributed by atoms with Gasteiger partial charge in [0.1, 0.15) is 17.1 Å². The first-order valence-electron chi connectivity index (χ1n) is 5.65. The molecular weight excluding hydrogens is 348 g/mol. The third kappa shape index (κ3) is 2.22. The van der Waals surface area contributed by atoms with Crippen molar-refractivity contribution < 1.29 is 9.84 Å². The molecule has 2 nitrogen and oxygen atoms in total. The fourth-order valence-corrected chi connectivity index (χ4v) is 3.24. The van der Waals surface area contributed by atoms with Gasteiger partial charge in [-0.3, -0.25) is 0 Å². The molecule has 1 heterocycles. The topological polar surface area (TPSA) is 29.5 Å². The number of phenolic OH excluding ortho intramolecular Hbond substituents is 1. The van der Waals surface area contributed by atoms with Gasteiger partial charge in [-0.05, 0) is 49.5 Å². The van der Waals surface area contributed by atoms with Crippen LogP contribution in [0, 0.1) is 6.92 Å². The fraction of sp³-hybridized carbons (Fsp3) is 0.538. The van der Waals surface area contributed by atoms with Gasteiger partial charge in [0, 0.05) is 22.0 Å². The van der Waals surface area contributed by atoms with Crippen molar-refractivity contribution in [1.29, 1.82) is 0 Å². The normalized spacial score (nSPS) is 17.5. The second-order valence-corrected chi connectivity index (χ2v) is 6.42. The molecule has 0 unspecified atom stereocenters. The summed E-state index contributed by atoms with van der Waals surface area (Å²) in [5, 5.41) is 10.8. The monoisotopic (exact) mass is 362 g/mol. The molecule has 0 bridgehead atoms. The lowest BCUT2D eigenvalue weighted by Crippen LogP contribution is -2.33. The van der Waals surface area contributed by atoms with Crippen LogP contribution in [0.2, 0.25) is 0 Å². The van der Waals surface area contributed by atoms with Crippen LogP contribution < -0.4 is 4.74 Å². The van der Waals surface area contributed by atoms with Crippen LogP contribution in [0.1, 0.15) is 37.0 Å². The molecule has 0 spiro atoms. The predicted octanol–water partition coefficient (Wildman–Crippen LogP) is 4.46. The molecule has 0 aliphatic carbocycles. The first-order valence-corrected chi connectivity index (χ1v) is 7.56. The molecule has 17 heavy (non-hydrogen) atoms. The van der Waals surface area contributed by atoms with Gasteiger partial charge in [-0.25, -0.2) is 0 Å². The van der Waals surface area contributed by atoms with Crippen LogP contribution in [0.5, 0.6) is 11.5 Å². The first kappa shape index (κ1) is 13.2. The third-order valence-electron chi connectivity index (χ3n) is 3.29. The van der Waals surface area contributed by atoms with Crippen molar-refractivity contribution in [3.05, 3.63) is 21.2 Å². The third-order valence-corrected chi connectivity index (χ3v) is 4.82. The lowest BCUT2D eigenvalue weighted by molar-refractivity contribution is 0.0831. The molecule has 1 aliphatic heterocycles. The van der Waals surface area contributed by atoms with Crippen molar-refractivity contribution >= 4 is 31.9 Å². The highest BCUT2D eigenvalue weighted by Gasteiger charge is 2.31. The van der Waals surface area contributed by atoms with Gasteiger partial charge in [-0.2, -0.15) is 0 Å². The van der Waals surface area contributed by atoms with Gasteiger partial charge in [-0.1, -0.05) is 15.9 Å². The first-order chi connectivity index (χ1) is 7.87. The average Bonchev–Trinajstić information content (AvgIpc) is 2.27. The maximum absolute atomic E-state index is 10.1. The molecule has 0 radical (unpaired) electrons. The molecule has 2 rings (SSSR count). The zero-order valence-electron chi connectivity index (χ0n) is 10.2. The number of hydrogen-bond acceptors (Lipinski definition) is 2. The van der Waals surface area contributed by atoms with Crippen LogP contribution >= 0.6 is 31.9 Å². The van der Waals surface area contributed by atoms with Crippen molar-refractivity contribution in [2.24, 2.45) is 0 Å². The zero-order valence-corrected chi connectivity index (χ0v) is 13.4. The summed E-state index contributed by atoms with van der Waals surface area (Å²) in [6.45, 7) is 6.18. The lowest BCUT2D eigenvalue weighted by atomic mass is 9.90.